The molecule has 0 unspecified atom stereocenters. The topological polar surface area (TPSA) is 66.4 Å². The van der Waals surface area contributed by atoms with Crippen LogP contribution in [0.2, 0.25) is 0 Å². The van der Waals surface area contributed by atoms with Crippen LogP contribution in [0.15, 0.2) is 12.2 Å². The van der Waals surface area contributed by atoms with Crippen LogP contribution in [-0.4, -0.2) is 55.2 Å². The standard InChI is InChI=1S/C19H36N2O3/c1-17(2)19(24)20-14-12-16-21(3,4)15-11-9-7-5-6-8-10-13-18(22)23/h1,5-16H2,2-4H3,(H-,20,22,23,24)/p+1. The Morgan fingerprint density at radius 1 is 0.917 bits per heavy atom. The number of carbonyl (C=O) groups is 2. The predicted octanol–water partition coefficient (Wildman–Crippen LogP) is 3.35. The highest BCUT2D eigenvalue weighted by Gasteiger charge is 2.14. The Hall–Kier alpha value is -1.36. The van der Waals surface area contributed by atoms with Crippen molar-refractivity contribution in [3.8, 4) is 0 Å². The van der Waals surface area contributed by atoms with Crippen LogP contribution in [0.5, 0.6) is 0 Å². The summed E-state index contributed by atoms with van der Waals surface area (Å²) in [5.74, 6) is -0.738. The van der Waals surface area contributed by atoms with Crippen LogP contribution in [-0.2, 0) is 9.59 Å². The minimum Gasteiger partial charge on any atom is -0.481 e. The second-order valence-electron chi connectivity index (χ2n) is 7.39. The molecule has 5 heteroatoms. The SMILES string of the molecule is C=C(C)C(=O)NCCC[N+](C)(C)CCCCCCCCCC(=O)O. The number of aliphatic carboxylic acids is 1. The Kier molecular flexibility index (Phi) is 12.3. The molecule has 140 valence electrons. The summed E-state index contributed by atoms with van der Waals surface area (Å²) in [4.78, 5) is 21.8. The van der Waals surface area contributed by atoms with Crippen molar-refractivity contribution in [3.05, 3.63) is 12.2 Å². The molecule has 0 aliphatic carbocycles. The maximum Gasteiger partial charge on any atom is 0.303 e. The minimum absolute atomic E-state index is 0.0522. The van der Waals surface area contributed by atoms with E-state index in [2.05, 4.69) is 26.0 Å². The van der Waals surface area contributed by atoms with E-state index in [1.807, 2.05) is 0 Å². The molecule has 0 saturated heterocycles. The van der Waals surface area contributed by atoms with Gasteiger partial charge in [-0.2, -0.15) is 0 Å². The summed E-state index contributed by atoms with van der Waals surface area (Å²) >= 11 is 0. The molecule has 1 amide bonds. The van der Waals surface area contributed by atoms with Gasteiger partial charge in [-0.05, 0) is 26.2 Å². The number of carbonyl (C=O) groups excluding carboxylic acids is 1. The molecule has 0 aromatic rings. The van der Waals surface area contributed by atoms with Crippen molar-refractivity contribution in [1.29, 1.82) is 0 Å². The molecule has 0 aromatic carbocycles. The van der Waals surface area contributed by atoms with Crippen LogP contribution in [0.3, 0.4) is 0 Å². The number of unbranched alkanes of at least 4 members (excludes halogenated alkanes) is 6. The van der Waals surface area contributed by atoms with E-state index in [-0.39, 0.29) is 5.91 Å². The van der Waals surface area contributed by atoms with Gasteiger partial charge in [-0.1, -0.05) is 32.3 Å². The number of nitrogens with zero attached hydrogens (tertiary/aromatic N) is 1. The number of hydrogen-bond acceptors (Lipinski definition) is 2. The summed E-state index contributed by atoms with van der Waals surface area (Å²) in [6, 6.07) is 0. The second-order valence-corrected chi connectivity index (χ2v) is 7.39. The Bertz CT molecular complexity index is 392. The van der Waals surface area contributed by atoms with Gasteiger partial charge in [-0.15, -0.1) is 0 Å². The zero-order chi connectivity index (χ0) is 18.4. The number of nitrogens with one attached hydrogen (secondary N) is 1. The Morgan fingerprint density at radius 2 is 1.42 bits per heavy atom. The van der Waals surface area contributed by atoms with Crippen LogP contribution in [0.4, 0.5) is 0 Å². The number of rotatable bonds is 15. The molecular formula is C19H37N2O3+. The fraction of sp³-hybridized carbons (Fsp3) is 0.789. The van der Waals surface area contributed by atoms with Crippen LogP contribution >= 0.6 is 0 Å². The molecule has 0 bridgehead atoms. The number of hydrogen-bond donors (Lipinski definition) is 2. The molecule has 0 aliphatic rings. The molecule has 0 spiro atoms. The maximum absolute atomic E-state index is 11.4. The summed E-state index contributed by atoms with van der Waals surface area (Å²) in [5, 5.41) is 11.4. The second kappa shape index (κ2) is 13.0. The Labute approximate surface area is 147 Å². The monoisotopic (exact) mass is 341 g/mol. The number of quaternary nitrogens is 1. The van der Waals surface area contributed by atoms with Crippen molar-refractivity contribution < 1.29 is 19.2 Å². The van der Waals surface area contributed by atoms with Gasteiger partial charge in [0.05, 0.1) is 27.2 Å². The molecule has 0 heterocycles. The lowest BCUT2D eigenvalue weighted by molar-refractivity contribution is -0.890. The van der Waals surface area contributed by atoms with Gasteiger partial charge in [0.1, 0.15) is 0 Å². The first-order chi connectivity index (χ1) is 11.2. The smallest absolute Gasteiger partial charge is 0.303 e. The van der Waals surface area contributed by atoms with Crippen molar-refractivity contribution >= 4 is 11.9 Å². The lowest BCUT2D eigenvalue weighted by Gasteiger charge is -2.30. The molecule has 2 N–H and O–H groups in total. The van der Waals surface area contributed by atoms with Crippen LogP contribution in [0, 0.1) is 0 Å². The summed E-state index contributed by atoms with van der Waals surface area (Å²) in [5.41, 5.74) is 0.562. The van der Waals surface area contributed by atoms with Crippen molar-refractivity contribution in [3.63, 3.8) is 0 Å². The molecule has 5 nitrogen and oxygen atoms in total. The van der Waals surface area contributed by atoms with E-state index in [1.165, 1.54) is 25.7 Å². The third-order valence-electron chi connectivity index (χ3n) is 4.27. The van der Waals surface area contributed by atoms with Gasteiger partial charge in [0.15, 0.2) is 0 Å². The van der Waals surface area contributed by atoms with E-state index < -0.39 is 5.97 Å². The van der Waals surface area contributed by atoms with Gasteiger partial charge in [0, 0.05) is 25.0 Å². The van der Waals surface area contributed by atoms with Gasteiger partial charge >= 0.3 is 5.97 Å². The van der Waals surface area contributed by atoms with Crippen molar-refractivity contribution in [2.45, 2.75) is 64.7 Å². The van der Waals surface area contributed by atoms with Crippen LogP contribution < -0.4 is 5.32 Å². The van der Waals surface area contributed by atoms with Gasteiger partial charge < -0.3 is 14.9 Å². The molecule has 0 aromatic heterocycles. The lowest BCUT2D eigenvalue weighted by Crippen LogP contribution is -2.42. The average molecular weight is 342 g/mol. The van der Waals surface area contributed by atoms with Gasteiger partial charge in [0.2, 0.25) is 5.91 Å². The zero-order valence-corrected chi connectivity index (χ0v) is 15.9. The third kappa shape index (κ3) is 14.2. The molecule has 0 saturated carbocycles. The summed E-state index contributed by atoms with van der Waals surface area (Å²) < 4.78 is 0.988. The molecule has 0 fully saturated rings. The molecule has 0 atom stereocenters. The van der Waals surface area contributed by atoms with E-state index in [1.54, 1.807) is 6.92 Å². The van der Waals surface area contributed by atoms with E-state index in [0.29, 0.717) is 18.5 Å². The number of carboxylic acids is 1. The van der Waals surface area contributed by atoms with Crippen molar-refractivity contribution in [2.75, 3.05) is 33.7 Å². The summed E-state index contributed by atoms with van der Waals surface area (Å²) in [6.45, 7) is 8.29. The van der Waals surface area contributed by atoms with Gasteiger partial charge in [-0.3, -0.25) is 9.59 Å². The lowest BCUT2D eigenvalue weighted by atomic mass is 10.1. The molecule has 0 radical (unpaired) electrons. The quantitative estimate of drug-likeness (QED) is 0.273. The predicted molar refractivity (Wildman–Crippen MR) is 98.9 cm³/mol. The zero-order valence-electron chi connectivity index (χ0n) is 15.9. The van der Waals surface area contributed by atoms with Gasteiger partial charge in [-0.25, -0.2) is 0 Å². The molecule has 0 aliphatic heterocycles. The van der Waals surface area contributed by atoms with E-state index >= 15 is 0 Å². The largest absolute Gasteiger partial charge is 0.481 e. The fourth-order valence-electron chi connectivity index (χ4n) is 2.67. The Morgan fingerprint density at radius 3 is 1.96 bits per heavy atom. The normalized spacial score (nSPS) is 11.3. The first kappa shape index (κ1) is 22.6. The number of amides is 1. The summed E-state index contributed by atoms with van der Waals surface area (Å²) in [6.07, 6.45) is 9.18. The maximum atomic E-state index is 11.4. The highest BCUT2D eigenvalue weighted by atomic mass is 16.4. The van der Waals surface area contributed by atoms with Crippen molar-refractivity contribution in [2.24, 2.45) is 0 Å². The fourth-order valence-corrected chi connectivity index (χ4v) is 2.67. The number of carboxylic acid groups (broad SMARTS) is 1. The van der Waals surface area contributed by atoms with E-state index in [4.69, 9.17) is 5.11 Å². The van der Waals surface area contributed by atoms with Crippen LogP contribution in [0.25, 0.3) is 0 Å². The highest BCUT2D eigenvalue weighted by molar-refractivity contribution is 5.91. The molecule has 0 rings (SSSR count). The van der Waals surface area contributed by atoms with Crippen molar-refractivity contribution in [1.82, 2.24) is 5.32 Å². The van der Waals surface area contributed by atoms with Gasteiger partial charge in [0.25, 0.3) is 0 Å². The first-order valence-electron chi connectivity index (χ1n) is 9.22. The highest BCUT2D eigenvalue weighted by Crippen LogP contribution is 2.10. The average Bonchev–Trinajstić information content (AvgIpc) is 2.49. The van der Waals surface area contributed by atoms with E-state index in [0.717, 1.165) is 43.3 Å². The summed E-state index contributed by atoms with van der Waals surface area (Å²) in [7, 11) is 4.49. The molecule has 24 heavy (non-hydrogen) atoms. The van der Waals surface area contributed by atoms with E-state index in [9.17, 15) is 9.59 Å². The third-order valence-corrected chi connectivity index (χ3v) is 4.27. The Balaban J connectivity index is 3.51. The van der Waals surface area contributed by atoms with Crippen LogP contribution in [0.1, 0.15) is 64.7 Å². The molecular weight excluding hydrogens is 304 g/mol. The first-order valence-corrected chi connectivity index (χ1v) is 9.22. The minimum atomic E-state index is -0.686.